The first-order valence-electron chi connectivity index (χ1n) is 10.6. The van der Waals surface area contributed by atoms with Gasteiger partial charge in [0.05, 0.1) is 34.9 Å². The molecule has 0 saturated carbocycles. The molecule has 1 aromatic carbocycles. The van der Waals surface area contributed by atoms with Gasteiger partial charge in [-0.05, 0) is 47.2 Å². The van der Waals surface area contributed by atoms with E-state index in [-0.39, 0.29) is 23.0 Å². The first-order valence-corrected chi connectivity index (χ1v) is 11.0. The zero-order valence-corrected chi connectivity index (χ0v) is 18.7. The monoisotopic (exact) mass is 490 g/mol. The number of nitrogens with zero attached hydrogens (tertiary/aromatic N) is 8. The van der Waals surface area contributed by atoms with Crippen molar-refractivity contribution in [2.24, 2.45) is 0 Å². The maximum Gasteiger partial charge on any atom is 0.254 e. The number of nitrogens with one attached hydrogen (secondary N) is 1. The number of H-pyrrole nitrogens is 1. The lowest BCUT2D eigenvalue weighted by Crippen LogP contribution is -2.25. The number of halogens is 2. The number of tetrazole rings is 1. The van der Waals surface area contributed by atoms with E-state index in [4.69, 9.17) is 22.3 Å². The summed E-state index contributed by atoms with van der Waals surface area (Å²) >= 11 is 6.24. The second-order valence-corrected chi connectivity index (χ2v) is 8.43. The maximum atomic E-state index is 14.3. The summed E-state index contributed by atoms with van der Waals surface area (Å²) in [7, 11) is 0. The molecule has 11 nitrogen and oxygen atoms in total. The summed E-state index contributed by atoms with van der Waals surface area (Å²) in [4.78, 5) is 29.2. The molecule has 0 spiro atoms. The summed E-state index contributed by atoms with van der Waals surface area (Å²) in [6.45, 7) is 0. The third-order valence-electron chi connectivity index (χ3n) is 5.88. The molecule has 1 aliphatic rings. The number of pyridine rings is 1. The Hall–Kier alpha value is -4.45. The van der Waals surface area contributed by atoms with Crippen LogP contribution in [0.15, 0.2) is 53.7 Å². The fourth-order valence-electron chi connectivity index (χ4n) is 4.32. The summed E-state index contributed by atoms with van der Waals surface area (Å²) in [6.07, 6.45) is 4.14. The zero-order valence-electron chi connectivity index (χ0n) is 17.9. The standard InChI is InChI=1S/C22H16ClFN10O/c23-11-1-3-16(33-10-27-31-32-33)13(7-11)14-8-20(35)34-17(4-6-19(34)28-14)22-26-9-15(29-22)12-2-5-18(25)30-21(12)24/h1-3,5,7-10,17H,4,6H2,(H2,25,30)(H,26,29)/t17-/m0/s1. The van der Waals surface area contributed by atoms with Crippen LogP contribution in [0.1, 0.15) is 24.1 Å². The Bertz CT molecular complexity index is 1630. The average molecular weight is 491 g/mol. The van der Waals surface area contributed by atoms with Gasteiger partial charge in [0.25, 0.3) is 5.56 Å². The van der Waals surface area contributed by atoms with Gasteiger partial charge in [-0.15, -0.1) is 5.10 Å². The lowest BCUT2D eigenvalue weighted by molar-refractivity contribution is 0.567. The molecule has 0 unspecified atom stereocenters. The number of hydrogen-bond acceptors (Lipinski definition) is 8. The van der Waals surface area contributed by atoms with Gasteiger partial charge in [-0.1, -0.05) is 11.6 Å². The number of anilines is 1. The number of fused-ring (bicyclic) bond motifs is 1. The van der Waals surface area contributed by atoms with Crippen molar-refractivity contribution in [1.29, 1.82) is 0 Å². The van der Waals surface area contributed by atoms with E-state index in [9.17, 15) is 9.18 Å². The van der Waals surface area contributed by atoms with E-state index >= 15 is 0 Å². The molecular weight excluding hydrogens is 475 g/mol. The minimum absolute atomic E-state index is 0.0899. The number of aromatic amines is 1. The van der Waals surface area contributed by atoms with E-state index in [1.54, 1.807) is 22.8 Å². The van der Waals surface area contributed by atoms with Crippen molar-refractivity contribution in [1.82, 2.24) is 44.7 Å². The van der Waals surface area contributed by atoms with Crippen molar-refractivity contribution in [3.63, 3.8) is 0 Å². The van der Waals surface area contributed by atoms with Crippen LogP contribution >= 0.6 is 11.6 Å². The Kier molecular flexibility index (Phi) is 4.88. The van der Waals surface area contributed by atoms with Gasteiger partial charge in [0.15, 0.2) is 0 Å². The summed E-state index contributed by atoms with van der Waals surface area (Å²) in [6, 6.07) is 9.33. The van der Waals surface area contributed by atoms with Crippen LogP contribution in [0.5, 0.6) is 0 Å². The zero-order chi connectivity index (χ0) is 24.1. The molecule has 0 amide bonds. The number of rotatable bonds is 4. The minimum Gasteiger partial charge on any atom is -0.384 e. The van der Waals surface area contributed by atoms with Crippen LogP contribution in [-0.4, -0.2) is 44.7 Å². The van der Waals surface area contributed by atoms with E-state index in [1.807, 2.05) is 0 Å². The predicted molar refractivity (Wildman–Crippen MR) is 124 cm³/mol. The molecule has 0 radical (unpaired) electrons. The molecule has 3 N–H and O–H groups in total. The number of aryl methyl sites for hydroxylation is 1. The van der Waals surface area contributed by atoms with Crippen molar-refractivity contribution >= 4 is 17.4 Å². The lowest BCUT2D eigenvalue weighted by atomic mass is 10.1. The summed E-state index contributed by atoms with van der Waals surface area (Å²) in [5.41, 5.74) is 7.71. The summed E-state index contributed by atoms with van der Waals surface area (Å²) in [5.74, 6) is 0.532. The molecule has 13 heteroatoms. The van der Waals surface area contributed by atoms with Crippen LogP contribution in [-0.2, 0) is 6.42 Å². The van der Waals surface area contributed by atoms with Crippen LogP contribution in [0.2, 0.25) is 5.02 Å². The summed E-state index contributed by atoms with van der Waals surface area (Å²) in [5, 5.41) is 11.8. The van der Waals surface area contributed by atoms with Crippen LogP contribution in [0.25, 0.3) is 28.2 Å². The number of nitrogen functional groups attached to an aromatic ring is 1. The van der Waals surface area contributed by atoms with Crippen molar-refractivity contribution in [2.45, 2.75) is 18.9 Å². The number of benzene rings is 1. The second-order valence-electron chi connectivity index (χ2n) is 7.99. The van der Waals surface area contributed by atoms with E-state index in [0.717, 1.165) is 0 Å². The van der Waals surface area contributed by atoms with Crippen molar-refractivity contribution in [3.8, 4) is 28.2 Å². The molecule has 35 heavy (non-hydrogen) atoms. The molecular formula is C22H16ClFN10O. The maximum absolute atomic E-state index is 14.3. The molecule has 4 aromatic heterocycles. The Balaban J connectivity index is 1.39. The minimum atomic E-state index is -0.699. The van der Waals surface area contributed by atoms with Gasteiger partial charge in [-0.2, -0.15) is 9.07 Å². The molecule has 0 aliphatic carbocycles. The van der Waals surface area contributed by atoms with Crippen molar-refractivity contribution < 1.29 is 4.39 Å². The van der Waals surface area contributed by atoms with Crippen LogP contribution in [0, 0.1) is 5.95 Å². The fraction of sp³-hybridized carbons (Fsp3) is 0.136. The van der Waals surface area contributed by atoms with Crippen LogP contribution in [0.4, 0.5) is 10.2 Å². The van der Waals surface area contributed by atoms with Gasteiger partial charge in [-0.25, -0.2) is 15.0 Å². The van der Waals surface area contributed by atoms with Crippen LogP contribution in [0.3, 0.4) is 0 Å². The molecule has 1 aliphatic heterocycles. The molecule has 6 rings (SSSR count). The van der Waals surface area contributed by atoms with E-state index in [2.05, 4.69) is 30.5 Å². The van der Waals surface area contributed by atoms with E-state index in [0.29, 0.717) is 52.2 Å². The highest BCUT2D eigenvalue weighted by Crippen LogP contribution is 2.32. The van der Waals surface area contributed by atoms with Gasteiger partial charge in [-0.3, -0.25) is 9.36 Å². The molecule has 0 bridgehead atoms. The highest BCUT2D eigenvalue weighted by molar-refractivity contribution is 6.31. The number of nitrogens with two attached hydrogens (primary N) is 1. The number of imidazole rings is 1. The van der Waals surface area contributed by atoms with Gasteiger partial charge in [0.1, 0.15) is 23.8 Å². The van der Waals surface area contributed by atoms with E-state index < -0.39 is 5.95 Å². The van der Waals surface area contributed by atoms with Crippen molar-refractivity contribution in [2.75, 3.05) is 5.73 Å². The highest BCUT2D eigenvalue weighted by Gasteiger charge is 2.29. The number of aromatic nitrogens is 9. The third kappa shape index (κ3) is 3.64. The smallest absolute Gasteiger partial charge is 0.254 e. The van der Waals surface area contributed by atoms with Crippen molar-refractivity contribution in [3.05, 3.63) is 81.9 Å². The van der Waals surface area contributed by atoms with Gasteiger partial charge >= 0.3 is 0 Å². The molecule has 5 aromatic rings. The normalized spacial score (nSPS) is 14.9. The fourth-order valence-corrected chi connectivity index (χ4v) is 4.49. The number of hydrogen-bond donors (Lipinski definition) is 2. The largest absolute Gasteiger partial charge is 0.384 e. The Morgan fingerprint density at radius 3 is 2.83 bits per heavy atom. The first-order chi connectivity index (χ1) is 17.0. The molecule has 1 atom stereocenters. The second kappa shape index (κ2) is 8.09. The highest BCUT2D eigenvalue weighted by atomic mass is 35.5. The molecule has 5 heterocycles. The topological polar surface area (TPSA) is 146 Å². The predicted octanol–water partition coefficient (Wildman–Crippen LogP) is 2.58. The Morgan fingerprint density at radius 2 is 2.03 bits per heavy atom. The first kappa shape index (κ1) is 21.1. The van der Waals surface area contributed by atoms with Gasteiger partial charge < -0.3 is 10.7 Å². The SMILES string of the molecule is Nc1ccc(-c2cnc([C@@H]3CCc4nc(-c5cc(Cl)ccc5-n5cnnn5)cc(=O)n43)[nH]2)c(F)n1. The average Bonchev–Trinajstić information content (AvgIpc) is 3.59. The summed E-state index contributed by atoms with van der Waals surface area (Å²) < 4.78 is 17.4. The Labute approximate surface area is 201 Å². The van der Waals surface area contributed by atoms with E-state index in [1.165, 1.54) is 35.4 Å². The molecule has 0 fully saturated rings. The Morgan fingerprint density at radius 1 is 1.14 bits per heavy atom. The van der Waals surface area contributed by atoms with Gasteiger partial charge in [0, 0.05) is 23.1 Å². The van der Waals surface area contributed by atoms with Gasteiger partial charge in [0.2, 0.25) is 5.95 Å². The van der Waals surface area contributed by atoms with Crippen LogP contribution < -0.4 is 11.3 Å². The molecule has 0 saturated heterocycles. The quantitative estimate of drug-likeness (QED) is 0.365. The lowest BCUT2D eigenvalue weighted by Gasteiger charge is -2.14. The third-order valence-corrected chi connectivity index (χ3v) is 6.12. The molecule has 174 valence electrons.